The number of halogens is 2. The van der Waals surface area contributed by atoms with Gasteiger partial charge in [-0.25, -0.2) is 4.68 Å². The fraction of sp³-hybridized carbons (Fsp3) is 0.120. The van der Waals surface area contributed by atoms with Crippen molar-refractivity contribution < 1.29 is 9.47 Å². The molecule has 0 bridgehead atoms. The standard InChI is InChI=1S/C25H18BrClN4O2/c1-32-19-11-8-15(26)12-18(19)24-21-22(17-4-2-3-5-20(17)33-24)30-25-28-13-29-31(25)23(21)14-6-9-16(27)10-7-14/h2-13,23-24H,1H3,(H,28,29,30)/t23-,24+/m1/s1. The third-order valence-electron chi connectivity index (χ3n) is 5.98. The van der Waals surface area contributed by atoms with Crippen LogP contribution in [0, 0.1) is 0 Å². The van der Waals surface area contributed by atoms with Gasteiger partial charge in [-0.1, -0.05) is 51.8 Å². The minimum Gasteiger partial charge on any atom is -0.496 e. The number of para-hydroxylation sites is 1. The molecule has 0 saturated heterocycles. The van der Waals surface area contributed by atoms with Gasteiger partial charge in [0, 0.05) is 26.2 Å². The predicted molar refractivity (Wildman–Crippen MR) is 131 cm³/mol. The molecule has 0 spiro atoms. The third-order valence-corrected chi connectivity index (χ3v) is 6.73. The molecule has 2 aliphatic heterocycles. The first-order valence-electron chi connectivity index (χ1n) is 10.4. The van der Waals surface area contributed by atoms with E-state index < -0.39 is 6.10 Å². The Balaban J connectivity index is 1.65. The normalized spacial score (nSPS) is 18.5. The van der Waals surface area contributed by atoms with E-state index in [1.165, 1.54) is 0 Å². The van der Waals surface area contributed by atoms with Crippen LogP contribution in [0.2, 0.25) is 5.02 Å². The SMILES string of the molecule is COc1ccc(Br)cc1[C@@H]1Oc2ccccc2C2=C1[C@@H](c1ccc(Cl)cc1)n1ncnc1N2. The molecule has 0 unspecified atom stereocenters. The zero-order valence-electron chi connectivity index (χ0n) is 17.5. The summed E-state index contributed by atoms with van der Waals surface area (Å²) < 4.78 is 15.2. The number of nitrogens with one attached hydrogen (secondary N) is 1. The lowest BCUT2D eigenvalue weighted by Gasteiger charge is -2.39. The van der Waals surface area contributed by atoms with Crippen LogP contribution >= 0.6 is 27.5 Å². The highest BCUT2D eigenvalue weighted by Gasteiger charge is 2.41. The highest BCUT2D eigenvalue weighted by Crippen LogP contribution is 2.52. The molecule has 2 atom stereocenters. The highest BCUT2D eigenvalue weighted by atomic mass is 79.9. The summed E-state index contributed by atoms with van der Waals surface area (Å²) in [6.07, 6.45) is 1.14. The van der Waals surface area contributed by atoms with Crippen LogP contribution in [0.3, 0.4) is 0 Å². The topological polar surface area (TPSA) is 61.2 Å². The summed E-state index contributed by atoms with van der Waals surface area (Å²) in [5.41, 5.74) is 4.90. The van der Waals surface area contributed by atoms with Gasteiger partial charge in [0.05, 0.1) is 12.8 Å². The second-order valence-corrected chi connectivity index (χ2v) is 9.17. The van der Waals surface area contributed by atoms with Crippen LogP contribution in [0.1, 0.15) is 28.8 Å². The summed E-state index contributed by atoms with van der Waals surface area (Å²) in [6, 6.07) is 21.5. The predicted octanol–water partition coefficient (Wildman–Crippen LogP) is 6.26. The number of anilines is 1. The van der Waals surface area contributed by atoms with Gasteiger partial charge in [-0.15, -0.1) is 0 Å². The quantitative estimate of drug-likeness (QED) is 0.345. The van der Waals surface area contributed by atoms with Crippen molar-refractivity contribution >= 4 is 39.2 Å². The van der Waals surface area contributed by atoms with Gasteiger partial charge in [-0.3, -0.25) is 0 Å². The maximum Gasteiger partial charge on any atom is 0.226 e. The van der Waals surface area contributed by atoms with Gasteiger partial charge in [-0.2, -0.15) is 10.1 Å². The molecule has 6 rings (SSSR count). The number of nitrogens with zero attached hydrogens (tertiary/aromatic N) is 3. The van der Waals surface area contributed by atoms with Crippen LogP contribution in [0.25, 0.3) is 5.70 Å². The number of ether oxygens (including phenoxy) is 2. The van der Waals surface area contributed by atoms with Gasteiger partial charge in [0.2, 0.25) is 5.95 Å². The van der Waals surface area contributed by atoms with Crippen LogP contribution in [-0.2, 0) is 0 Å². The summed E-state index contributed by atoms with van der Waals surface area (Å²) in [5.74, 6) is 2.21. The zero-order chi connectivity index (χ0) is 22.5. The van der Waals surface area contributed by atoms with Gasteiger partial charge in [0.1, 0.15) is 23.9 Å². The Morgan fingerprint density at radius 1 is 1.09 bits per heavy atom. The first-order chi connectivity index (χ1) is 16.1. The van der Waals surface area contributed by atoms with E-state index in [1.807, 2.05) is 65.3 Å². The van der Waals surface area contributed by atoms with Crippen molar-refractivity contribution in [2.24, 2.45) is 0 Å². The maximum atomic E-state index is 6.67. The largest absolute Gasteiger partial charge is 0.496 e. The average molecular weight is 522 g/mol. The van der Waals surface area contributed by atoms with Gasteiger partial charge in [0.25, 0.3) is 0 Å². The monoisotopic (exact) mass is 520 g/mol. The first kappa shape index (κ1) is 20.3. The number of benzene rings is 3. The summed E-state index contributed by atoms with van der Waals surface area (Å²) >= 11 is 9.82. The molecular weight excluding hydrogens is 504 g/mol. The van der Waals surface area contributed by atoms with Gasteiger partial charge >= 0.3 is 0 Å². The Morgan fingerprint density at radius 2 is 1.91 bits per heavy atom. The molecule has 164 valence electrons. The molecule has 4 aromatic rings. The molecule has 1 aromatic heterocycles. The molecule has 2 aliphatic rings. The Kier molecular flexibility index (Phi) is 4.89. The Morgan fingerprint density at radius 3 is 2.73 bits per heavy atom. The average Bonchev–Trinajstić information content (AvgIpc) is 3.31. The van der Waals surface area contributed by atoms with Crippen molar-refractivity contribution in [2.75, 3.05) is 12.4 Å². The smallest absolute Gasteiger partial charge is 0.226 e. The molecule has 33 heavy (non-hydrogen) atoms. The van der Waals surface area contributed by atoms with Crippen molar-refractivity contribution in [2.45, 2.75) is 12.1 Å². The van der Waals surface area contributed by atoms with E-state index in [2.05, 4.69) is 37.4 Å². The minimum absolute atomic E-state index is 0.252. The van der Waals surface area contributed by atoms with Crippen LogP contribution < -0.4 is 14.8 Å². The molecule has 0 saturated carbocycles. The highest BCUT2D eigenvalue weighted by molar-refractivity contribution is 9.10. The summed E-state index contributed by atoms with van der Waals surface area (Å²) in [6.45, 7) is 0. The van der Waals surface area contributed by atoms with E-state index in [9.17, 15) is 0 Å². The van der Waals surface area contributed by atoms with Gasteiger partial charge in [0.15, 0.2) is 6.10 Å². The van der Waals surface area contributed by atoms with E-state index in [0.717, 1.165) is 43.9 Å². The van der Waals surface area contributed by atoms with E-state index in [1.54, 1.807) is 13.4 Å². The minimum atomic E-state index is -0.423. The van der Waals surface area contributed by atoms with Crippen molar-refractivity contribution in [3.63, 3.8) is 0 Å². The molecule has 1 N–H and O–H groups in total. The van der Waals surface area contributed by atoms with Crippen LogP contribution in [-0.4, -0.2) is 21.9 Å². The number of hydrogen-bond donors (Lipinski definition) is 1. The van der Waals surface area contributed by atoms with Gasteiger partial charge < -0.3 is 14.8 Å². The molecule has 0 amide bonds. The van der Waals surface area contributed by atoms with Crippen LogP contribution in [0.15, 0.2) is 83.1 Å². The van der Waals surface area contributed by atoms with Crippen molar-refractivity contribution in [3.8, 4) is 11.5 Å². The van der Waals surface area contributed by atoms with Crippen LogP contribution in [0.4, 0.5) is 5.95 Å². The fourth-order valence-electron chi connectivity index (χ4n) is 4.55. The van der Waals surface area contributed by atoms with E-state index >= 15 is 0 Å². The first-order valence-corrected chi connectivity index (χ1v) is 11.6. The fourth-order valence-corrected chi connectivity index (χ4v) is 5.06. The number of hydrogen-bond acceptors (Lipinski definition) is 5. The Hall–Kier alpha value is -3.29. The van der Waals surface area contributed by atoms with E-state index in [4.69, 9.17) is 21.1 Å². The second-order valence-electron chi connectivity index (χ2n) is 7.82. The summed E-state index contributed by atoms with van der Waals surface area (Å²) in [4.78, 5) is 4.47. The lowest BCUT2D eigenvalue weighted by Crippen LogP contribution is -2.32. The van der Waals surface area contributed by atoms with E-state index in [-0.39, 0.29) is 6.04 Å². The summed E-state index contributed by atoms with van der Waals surface area (Å²) in [5, 5.41) is 8.74. The number of aromatic nitrogens is 3. The molecule has 0 radical (unpaired) electrons. The third kappa shape index (κ3) is 3.31. The van der Waals surface area contributed by atoms with Gasteiger partial charge in [-0.05, 0) is 48.0 Å². The molecule has 6 nitrogen and oxygen atoms in total. The zero-order valence-corrected chi connectivity index (χ0v) is 19.8. The summed E-state index contributed by atoms with van der Waals surface area (Å²) in [7, 11) is 1.67. The number of fused-ring (bicyclic) bond motifs is 3. The molecule has 0 fully saturated rings. The molecule has 8 heteroatoms. The molecule has 3 aromatic carbocycles. The van der Waals surface area contributed by atoms with E-state index in [0.29, 0.717) is 11.0 Å². The lowest BCUT2D eigenvalue weighted by molar-refractivity contribution is 0.217. The molecule has 0 aliphatic carbocycles. The van der Waals surface area contributed by atoms with Crippen molar-refractivity contribution in [3.05, 3.63) is 105 Å². The molecule has 3 heterocycles. The van der Waals surface area contributed by atoms with Crippen molar-refractivity contribution in [1.29, 1.82) is 0 Å². The maximum absolute atomic E-state index is 6.67. The lowest BCUT2D eigenvalue weighted by atomic mass is 9.84. The second kappa shape index (κ2) is 7.93. The molecular formula is C25H18BrClN4O2. The number of rotatable bonds is 3. The van der Waals surface area contributed by atoms with Crippen LogP contribution in [0.5, 0.6) is 11.5 Å². The van der Waals surface area contributed by atoms with Crippen molar-refractivity contribution in [1.82, 2.24) is 14.8 Å². The number of methoxy groups -OCH3 is 1. The Bertz CT molecular complexity index is 1400. The Labute approximate surface area is 204 Å².